The number of hydrogen-bond donors (Lipinski definition) is 0. The molecular formula is C10H10INO. The summed E-state index contributed by atoms with van der Waals surface area (Å²) >= 11 is 2.31. The monoisotopic (exact) mass is 287 g/mol. The van der Waals surface area contributed by atoms with Crippen molar-refractivity contribution in [1.82, 2.24) is 0 Å². The Balaban J connectivity index is 2.07. The highest BCUT2D eigenvalue weighted by molar-refractivity contribution is 14.1. The largest absolute Gasteiger partial charge is 0.387 e. The number of oxime groups is 1. The van der Waals surface area contributed by atoms with Crippen molar-refractivity contribution in [3.8, 4) is 0 Å². The van der Waals surface area contributed by atoms with Gasteiger partial charge in [-0.25, -0.2) is 0 Å². The van der Waals surface area contributed by atoms with Gasteiger partial charge in [0, 0.05) is 10.8 Å². The summed E-state index contributed by atoms with van der Waals surface area (Å²) in [7, 11) is 0. The van der Waals surface area contributed by atoms with E-state index in [2.05, 4.69) is 39.9 Å². The number of benzene rings is 1. The Kier molecular flexibility index (Phi) is 2.83. The van der Waals surface area contributed by atoms with Crippen molar-refractivity contribution < 1.29 is 4.84 Å². The predicted octanol–water partition coefficient (Wildman–Crippen LogP) is 2.94. The first-order chi connectivity index (χ1) is 6.40. The van der Waals surface area contributed by atoms with Crippen molar-refractivity contribution in [3.63, 3.8) is 0 Å². The normalized spacial score (nSPS) is 21.0. The van der Waals surface area contributed by atoms with Crippen molar-refractivity contribution in [1.29, 1.82) is 0 Å². The molecule has 3 heteroatoms. The summed E-state index contributed by atoms with van der Waals surface area (Å²) in [5.41, 5.74) is 2.36. The molecule has 0 N–H and O–H groups in total. The SMILES string of the molecule is ICC1=NOC(c2ccccc2)C1. The Labute approximate surface area is 91.1 Å². The maximum Gasteiger partial charge on any atom is 0.157 e. The van der Waals surface area contributed by atoms with E-state index in [9.17, 15) is 0 Å². The fourth-order valence-corrected chi connectivity index (χ4v) is 1.80. The molecule has 0 fully saturated rings. The minimum absolute atomic E-state index is 0.144. The minimum Gasteiger partial charge on any atom is -0.387 e. The molecule has 1 atom stereocenters. The van der Waals surface area contributed by atoms with Crippen LogP contribution in [0.5, 0.6) is 0 Å². The fraction of sp³-hybridized carbons (Fsp3) is 0.300. The molecule has 0 saturated carbocycles. The third-order valence-corrected chi connectivity index (χ3v) is 2.94. The second-order valence-corrected chi connectivity index (χ2v) is 3.76. The van der Waals surface area contributed by atoms with Gasteiger partial charge in [0.05, 0.1) is 5.71 Å². The smallest absolute Gasteiger partial charge is 0.157 e. The summed E-state index contributed by atoms with van der Waals surface area (Å²) in [5, 5.41) is 4.02. The van der Waals surface area contributed by atoms with Gasteiger partial charge in [0.2, 0.25) is 0 Å². The van der Waals surface area contributed by atoms with Crippen LogP contribution in [-0.4, -0.2) is 10.1 Å². The molecule has 0 amide bonds. The quantitative estimate of drug-likeness (QED) is 0.605. The molecule has 2 rings (SSSR count). The van der Waals surface area contributed by atoms with Crippen LogP contribution >= 0.6 is 22.6 Å². The lowest BCUT2D eigenvalue weighted by atomic mass is 10.1. The second kappa shape index (κ2) is 4.09. The van der Waals surface area contributed by atoms with Gasteiger partial charge >= 0.3 is 0 Å². The maximum absolute atomic E-state index is 5.33. The van der Waals surface area contributed by atoms with Gasteiger partial charge in [0.25, 0.3) is 0 Å². The molecular weight excluding hydrogens is 277 g/mol. The molecule has 1 aliphatic rings. The van der Waals surface area contributed by atoms with Crippen molar-refractivity contribution in [2.24, 2.45) is 5.16 Å². The third kappa shape index (κ3) is 2.02. The van der Waals surface area contributed by atoms with Crippen LogP contribution < -0.4 is 0 Å². The van der Waals surface area contributed by atoms with Crippen LogP contribution in [0.3, 0.4) is 0 Å². The predicted molar refractivity (Wildman–Crippen MR) is 61.2 cm³/mol. The Morgan fingerprint density at radius 3 is 2.77 bits per heavy atom. The first-order valence-electron chi connectivity index (χ1n) is 4.22. The van der Waals surface area contributed by atoms with Crippen LogP contribution in [-0.2, 0) is 4.84 Å². The van der Waals surface area contributed by atoms with Crippen LogP contribution in [0, 0.1) is 0 Å². The molecule has 13 heavy (non-hydrogen) atoms. The first-order valence-corrected chi connectivity index (χ1v) is 5.75. The highest BCUT2D eigenvalue weighted by atomic mass is 127. The molecule has 0 saturated heterocycles. The van der Waals surface area contributed by atoms with Gasteiger partial charge in [-0.3, -0.25) is 0 Å². The van der Waals surface area contributed by atoms with Crippen LogP contribution in [0.1, 0.15) is 18.1 Å². The summed E-state index contributed by atoms with van der Waals surface area (Å²) in [6.07, 6.45) is 1.08. The summed E-state index contributed by atoms with van der Waals surface area (Å²) in [6.45, 7) is 0. The van der Waals surface area contributed by atoms with E-state index in [0.717, 1.165) is 16.6 Å². The highest BCUT2D eigenvalue weighted by Crippen LogP contribution is 2.27. The van der Waals surface area contributed by atoms with E-state index >= 15 is 0 Å². The highest BCUT2D eigenvalue weighted by Gasteiger charge is 2.21. The minimum atomic E-state index is 0.144. The van der Waals surface area contributed by atoms with Gasteiger partial charge in [0.15, 0.2) is 6.10 Å². The standard InChI is InChI=1S/C10H10INO/c11-7-9-6-10(13-12-9)8-4-2-1-3-5-8/h1-5,10H,6-7H2. The first kappa shape index (κ1) is 8.99. The lowest BCUT2D eigenvalue weighted by Crippen LogP contribution is -2.00. The van der Waals surface area contributed by atoms with Gasteiger partial charge in [-0.05, 0) is 5.56 Å². The molecule has 1 unspecified atom stereocenters. The number of halogens is 1. The summed E-state index contributed by atoms with van der Waals surface area (Å²) < 4.78 is 0.959. The van der Waals surface area contributed by atoms with E-state index in [0.29, 0.717) is 0 Å². The Morgan fingerprint density at radius 1 is 1.38 bits per heavy atom. The van der Waals surface area contributed by atoms with Gasteiger partial charge in [0.1, 0.15) is 0 Å². The molecule has 0 bridgehead atoms. The zero-order valence-corrected chi connectivity index (χ0v) is 9.27. The number of hydrogen-bond acceptors (Lipinski definition) is 2. The van der Waals surface area contributed by atoms with Crippen molar-refractivity contribution in [3.05, 3.63) is 35.9 Å². The molecule has 0 spiro atoms. The molecule has 1 aromatic carbocycles. The average molecular weight is 287 g/mol. The average Bonchev–Trinajstić information content (AvgIpc) is 2.67. The van der Waals surface area contributed by atoms with E-state index in [1.807, 2.05) is 18.2 Å². The Bertz CT molecular complexity index is 310. The zero-order chi connectivity index (χ0) is 9.10. The summed E-state index contributed by atoms with van der Waals surface area (Å²) in [6, 6.07) is 10.2. The van der Waals surface area contributed by atoms with Crippen LogP contribution in [0.2, 0.25) is 0 Å². The number of nitrogens with zero attached hydrogens (tertiary/aromatic N) is 1. The van der Waals surface area contributed by atoms with Crippen LogP contribution in [0.15, 0.2) is 35.5 Å². The van der Waals surface area contributed by atoms with E-state index in [1.165, 1.54) is 5.56 Å². The zero-order valence-electron chi connectivity index (χ0n) is 7.11. The van der Waals surface area contributed by atoms with E-state index in [1.54, 1.807) is 0 Å². The summed E-state index contributed by atoms with van der Waals surface area (Å²) in [5.74, 6) is 0. The topological polar surface area (TPSA) is 21.6 Å². The lowest BCUT2D eigenvalue weighted by molar-refractivity contribution is 0.0857. The molecule has 0 radical (unpaired) electrons. The van der Waals surface area contributed by atoms with E-state index in [-0.39, 0.29) is 6.10 Å². The number of alkyl halides is 1. The van der Waals surface area contributed by atoms with Gasteiger partial charge in [-0.2, -0.15) is 0 Å². The molecule has 1 heterocycles. The molecule has 2 nitrogen and oxygen atoms in total. The molecule has 1 aromatic rings. The van der Waals surface area contributed by atoms with Crippen molar-refractivity contribution in [2.75, 3.05) is 4.43 Å². The third-order valence-electron chi connectivity index (χ3n) is 2.06. The Morgan fingerprint density at radius 2 is 2.15 bits per heavy atom. The van der Waals surface area contributed by atoms with Gasteiger partial charge in [-0.15, -0.1) is 0 Å². The maximum atomic E-state index is 5.33. The van der Waals surface area contributed by atoms with Crippen molar-refractivity contribution in [2.45, 2.75) is 12.5 Å². The lowest BCUT2D eigenvalue weighted by Gasteiger charge is -2.06. The van der Waals surface area contributed by atoms with E-state index < -0.39 is 0 Å². The van der Waals surface area contributed by atoms with Crippen LogP contribution in [0.4, 0.5) is 0 Å². The fourth-order valence-electron chi connectivity index (χ4n) is 1.35. The van der Waals surface area contributed by atoms with Gasteiger partial charge < -0.3 is 4.84 Å². The molecule has 68 valence electrons. The van der Waals surface area contributed by atoms with Crippen molar-refractivity contribution >= 4 is 28.3 Å². The molecule has 0 aliphatic carbocycles. The number of rotatable bonds is 2. The summed E-state index contributed by atoms with van der Waals surface area (Å²) in [4.78, 5) is 5.33. The molecule has 0 aromatic heterocycles. The van der Waals surface area contributed by atoms with Gasteiger partial charge in [-0.1, -0.05) is 58.1 Å². The van der Waals surface area contributed by atoms with E-state index in [4.69, 9.17) is 4.84 Å². The van der Waals surface area contributed by atoms with Crippen LogP contribution in [0.25, 0.3) is 0 Å². The Hall–Kier alpha value is -0.580. The second-order valence-electron chi connectivity index (χ2n) is 3.00. The molecule has 1 aliphatic heterocycles.